The Morgan fingerprint density at radius 2 is 1.20 bits per heavy atom. The van der Waals surface area contributed by atoms with E-state index in [0.717, 1.165) is 37.2 Å². The van der Waals surface area contributed by atoms with Crippen LogP contribution in [0, 0.1) is 0 Å². The highest BCUT2D eigenvalue weighted by Crippen LogP contribution is 2.13. The molecule has 0 bridgehead atoms. The number of aliphatic carboxylic acids is 1. The number of unbranched alkanes of at least 4 members (excludes halogenated alkanes) is 21. The first-order valence-electron chi connectivity index (χ1n) is 18.5. The van der Waals surface area contributed by atoms with Crippen LogP contribution in [0.15, 0.2) is 24.6 Å². The van der Waals surface area contributed by atoms with Crippen molar-refractivity contribution < 1.29 is 19.4 Å². The Hall–Kier alpha value is -2.41. The van der Waals surface area contributed by atoms with Crippen LogP contribution in [-0.2, 0) is 20.7 Å². The molecule has 0 amide bonds. The number of nitrogens with two attached hydrogens (primary N) is 1. The number of carbonyl (C=O) groups is 2. The summed E-state index contributed by atoms with van der Waals surface area (Å²) in [5.74, 6) is -0.511. The second-order valence-corrected chi connectivity index (χ2v) is 12.3. The van der Waals surface area contributed by atoms with E-state index in [1.54, 1.807) is 0 Å². The molecule has 1 aromatic rings. The third kappa shape index (κ3) is 32.8. The molecule has 0 aliphatic rings. The van der Waals surface area contributed by atoms with Gasteiger partial charge in [-0.15, -0.1) is 0 Å². The number of nitrogens with one attached hydrogen (secondary N) is 1. The number of hydrogen-bond acceptors (Lipinski definition) is 5. The number of carboxylic acid groups (broad SMARTS) is 1. The third-order valence-corrected chi connectivity index (χ3v) is 7.87. The summed E-state index contributed by atoms with van der Waals surface area (Å²) in [6.07, 6.45) is 40.7. The zero-order valence-corrected chi connectivity index (χ0v) is 29.2. The van der Waals surface area contributed by atoms with Crippen molar-refractivity contribution in [1.82, 2.24) is 9.97 Å². The van der Waals surface area contributed by atoms with Crippen molar-refractivity contribution in [2.24, 2.45) is 5.73 Å². The normalized spacial score (nSPS) is 11.3. The van der Waals surface area contributed by atoms with E-state index in [1.165, 1.54) is 135 Å². The molecule has 0 aliphatic heterocycles. The van der Waals surface area contributed by atoms with Crippen molar-refractivity contribution in [3.8, 4) is 0 Å². The molecule has 0 radical (unpaired) electrons. The molecule has 1 rings (SSSR count). The van der Waals surface area contributed by atoms with E-state index in [2.05, 4.69) is 36.0 Å². The number of rotatable bonds is 30. The van der Waals surface area contributed by atoms with Crippen molar-refractivity contribution in [2.75, 3.05) is 6.54 Å². The first-order chi connectivity index (χ1) is 22.0. The first kappa shape index (κ1) is 42.6. The van der Waals surface area contributed by atoms with Gasteiger partial charge in [-0.2, -0.15) is 0 Å². The third-order valence-electron chi connectivity index (χ3n) is 7.87. The molecule has 1 aromatic heterocycles. The largest absolute Gasteiger partial charge is 0.481 e. The number of carbonyl (C=O) groups excluding carboxylic acids is 1. The molecule has 0 saturated carbocycles. The second kappa shape index (κ2) is 34.5. The van der Waals surface area contributed by atoms with Gasteiger partial charge in [-0.1, -0.05) is 142 Å². The van der Waals surface area contributed by atoms with Crippen LogP contribution in [0.4, 0.5) is 0 Å². The van der Waals surface area contributed by atoms with Gasteiger partial charge in [0, 0.05) is 18.3 Å². The first-order valence-corrected chi connectivity index (χ1v) is 18.5. The molecule has 0 unspecified atom stereocenters. The molecule has 1 heterocycles. The SMILES string of the molecule is CCCCCCCCCCC=COC(=O)CCC(=O)O.CCCCCCCCCCCCCCCC=Cc1ncc(CCN)[nH]1. The van der Waals surface area contributed by atoms with Crippen LogP contribution in [0.1, 0.15) is 186 Å². The quantitative estimate of drug-likeness (QED) is 0.0441. The van der Waals surface area contributed by atoms with Crippen LogP contribution in [-0.4, -0.2) is 33.6 Å². The van der Waals surface area contributed by atoms with Gasteiger partial charge in [0.2, 0.25) is 0 Å². The smallest absolute Gasteiger partial charge is 0.311 e. The molecular formula is C38H69N3O4. The van der Waals surface area contributed by atoms with Crippen molar-refractivity contribution in [2.45, 2.75) is 181 Å². The Kier molecular flexibility index (Phi) is 32.6. The molecule has 4 N–H and O–H groups in total. The van der Waals surface area contributed by atoms with Gasteiger partial charge in [-0.05, 0) is 44.4 Å². The summed E-state index contributed by atoms with van der Waals surface area (Å²) in [7, 11) is 0. The summed E-state index contributed by atoms with van der Waals surface area (Å²) in [5.41, 5.74) is 6.67. The summed E-state index contributed by atoms with van der Waals surface area (Å²) >= 11 is 0. The Morgan fingerprint density at radius 3 is 1.67 bits per heavy atom. The van der Waals surface area contributed by atoms with Crippen molar-refractivity contribution in [1.29, 1.82) is 0 Å². The lowest BCUT2D eigenvalue weighted by Gasteiger charge is -2.02. The second-order valence-electron chi connectivity index (χ2n) is 12.3. The van der Waals surface area contributed by atoms with Gasteiger partial charge in [0.15, 0.2) is 0 Å². The summed E-state index contributed by atoms with van der Waals surface area (Å²) in [4.78, 5) is 28.9. The zero-order valence-electron chi connectivity index (χ0n) is 29.2. The average Bonchev–Trinajstić information content (AvgIpc) is 3.48. The monoisotopic (exact) mass is 632 g/mol. The van der Waals surface area contributed by atoms with Gasteiger partial charge >= 0.3 is 11.9 Å². The lowest BCUT2D eigenvalue weighted by atomic mass is 10.0. The van der Waals surface area contributed by atoms with Gasteiger partial charge < -0.3 is 20.6 Å². The van der Waals surface area contributed by atoms with E-state index in [4.69, 9.17) is 15.6 Å². The zero-order chi connectivity index (χ0) is 33.1. The minimum absolute atomic E-state index is 0.0720. The summed E-state index contributed by atoms with van der Waals surface area (Å²) < 4.78 is 4.78. The van der Waals surface area contributed by atoms with E-state index in [0.29, 0.717) is 6.54 Å². The Labute approximate surface area is 276 Å². The van der Waals surface area contributed by atoms with E-state index in [9.17, 15) is 9.59 Å². The highest BCUT2D eigenvalue weighted by atomic mass is 16.5. The van der Waals surface area contributed by atoms with Crippen LogP contribution in [0.5, 0.6) is 0 Å². The van der Waals surface area contributed by atoms with E-state index in [-0.39, 0.29) is 12.8 Å². The Morgan fingerprint density at radius 1 is 0.733 bits per heavy atom. The number of nitrogens with zero attached hydrogens (tertiary/aromatic N) is 1. The van der Waals surface area contributed by atoms with Gasteiger partial charge in [0.05, 0.1) is 19.1 Å². The number of carboxylic acids is 1. The van der Waals surface area contributed by atoms with Crippen molar-refractivity contribution >= 4 is 18.0 Å². The molecule has 0 fully saturated rings. The van der Waals surface area contributed by atoms with Crippen LogP contribution in [0.3, 0.4) is 0 Å². The van der Waals surface area contributed by atoms with Crippen molar-refractivity contribution in [3.05, 3.63) is 36.1 Å². The minimum Gasteiger partial charge on any atom is -0.481 e. The van der Waals surface area contributed by atoms with Crippen LogP contribution >= 0.6 is 0 Å². The number of imidazole rings is 1. The lowest BCUT2D eigenvalue weighted by Crippen LogP contribution is -2.03. The maximum absolute atomic E-state index is 11.1. The predicted molar refractivity (Wildman–Crippen MR) is 190 cm³/mol. The molecule has 45 heavy (non-hydrogen) atoms. The number of allylic oxidation sites excluding steroid dienone is 2. The molecular weight excluding hydrogens is 562 g/mol. The topological polar surface area (TPSA) is 118 Å². The van der Waals surface area contributed by atoms with Gasteiger partial charge in [0.1, 0.15) is 5.82 Å². The number of hydrogen-bond donors (Lipinski definition) is 3. The molecule has 0 spiro atoms. The Balaban J connectivity index is 0.000000884. The minimum atomic E-state index is -0.982. The molecule has 7 heteroatoms. The fraction of sp³-hybridized carbons (Fsp3) is 0.763. The standard InChI is InChI=1S/C22H41N3.C16H28O4/c1-2-3-4-5-6-7-8-9-10-11-12-13-14-15-16-17-22-24-20-21(25-22)18-19-23;1-2-3-4-5-6-7-8-9-10-11-14-20-16(19)13-12-15(17)18/h16-17,20H,2-15,18-19,23H2,1H3,(H,24,25);11,14H,2-10,12-13H2,1H3,(H,17,18). The van der Waals surface area contributed by atoms with Gasteiger partial charge in [-0.3, -0.25) is 9.59 Å². The average molecular weight is 632 g/mol. The maximum atomic E-state index is 11.1. The number of esters is 1. The maximum Gasteiger partial charge on any atom is 0.311 e. The summed E-state index contributed by atoms with van der Waals surface area (Å²) in [6, 6.07) is 0. The number of H-pyrrole nitrogens is 1. The van der Waals surface area contributed by atoms with Crippen molar-refractivity contribution in [3.63, 3.8) is 0 Å². The van der Waals surface area contributed by atoms with Crippen LogP contribution < -0.4 is 5.73 Å². The molecule has 0 saturated heterocycles. The lowest BCUT2D eigenvalue weighted by molar-refractivity contribution is -0.144. The molecule has 260 valence electrons. The van der Waals surface area contributed by atoms with Gasteiger partial charge in [0.25, 0.3) is 0 Å². The number of aromatic amines is 1. The van der Waals surface area contributed by atoms with Gasteiger partial charge in [-0.25, -0.2) is 4.98 Å². The van der Waals surface area contributed by atoms with E-state index < -0.39 is 11.9 Å². The fourth-order valence-electron chi connectivity index (χ4n) is 5.07. The molecule has 0 aliphatic carbocycles. The predicted octanol–water partition coefficient (Wildman–Crippen LogP) is 10.8. The molecule has 0 aromatic carbocycles. The summed E-state index contributed by atoms with van der Waals surface area (Å²) in [5, 5.41) is 8.40. The highest BCUT2D eigenvalue weighted by Gasteiger charge is 2.04. The van der Waals surface area contributed by atoms with E-state index >= 15 is 0 Å². The fourth-order valence-corrected chi connectivity index (χ4v) is 5.07. The molecule has 7 nitrogen and oxygen atoms in total. The van der Waals surface area contributed by atoms with Crippen LogP contribution in [0.2, 0.25) is 0 Å². The Bertz CT molecular complexity index is 850. The van der Waals surface area contributed by atoms with E-state index in [1.807, 2.05) is 12.3 Å². The number of ether oxygens (including phenoxy) is 1. The molecule has 0 atom stereocenters. The summed E-state index contributed by atoms with van der Waals surface area (Å²) in [6.45, 7) is 5.18. The highest BCUT2D eigenvalue weighted by molar-refractivity contribution is 5.76. The number of aromatic nitrogens is 2. The van der Waals surface area contributed by atoms with Crippen LogP contribution in [0.25, 0.3) is 6.08 Å².